The first kappa shape index (κ1) is 16.0. The molecule has 1 N–H and O–H groups in total. The molecule has 0 aliphatic carbocycles. The molecule has 0 amide bonds. The zero-order chi connectivity index (χ0) is 16.4. The highest BCUT2D eigenvalue weighted by atomic mass is 79.9. The van der Waals surface area contributed by atoms with E-state index in [1.54, 1.807) is 12.4 Å². The van der Waals surface area contributed by atoms with Crippen molar-refractivity contribution in [1.82, 2.24) is 9.97 Å². The lowest BCUT2D eigenvalue weighted by molar-refractivity contribution is 0.296. The molecule has 120 valence electrons. The lowest BCUT2D eigenvalue weighted by Crippen LogP contribution is -2.07. The van der Waals surface area contributed by atoms with Gasteiger partial charge in [0, 0.05) is 23.8 Å². The molecule has 0 bridgehead atoms. The van der Waals surface area contributed by atoms with E-state index >= 15 is 0 Å². The summed E-state index contributed by atoms with van der Waals surface area (Å²) < 4.78 is 6.75. The minimum absolute atomic E-state index is 0.131. The molecule has 2 aromatic heterocycles. The Kier molecular flexibility index (Phi) is 4.66. The number of ether oxygens (including phenoxy) is 1. The highest BCUT2D eigenvalue weighted by Crippen LogP contribution is 2.32. The minimum Gasteiger partial charge on any atom is -0.492 e. The van der Waals surface area contributed by atoms with Crippen molar-refractivity contribution >= 4 is 37.6 Å². The molecular weight excluding hydrogens is 356 g/mol. The van der Waals surface area contributed by atoms with Crippen LogP contribution in [0.3, 0.4) is 0 Å². The van der Waals surface area contributed by atoms with Gasteiger partial charge in [0.1, 0.15) is 5.75 Å². The van der Waals surface area contributed by atoms with E-state index in [4.69, 9.17) is 4.74 Å². The molecule has 0 saturated heterocycles. The summed E-state index contributed by atoms with van der Waals surface area (Å²) in [5.41, 5.74) is 0.643. The van der Waals surface area contributed by atoms with Gasteiger partial charge in [-0.25, -0.2) is 0 Å². The number of aromatic amines is 1. The number of nitrogens with one attached hydrogen (secondary N) is 1. The zero-order valence-electron chi connectivity index (χ0n) is 13.2. The number of H-pyrrole nitrogens is 1. The number of pyridine rings is 2. The van der Waals surface area contributed by atoms with E-state index in [0.29, 0.717) is 17.9 Å². The smallest absolute Gasteiger partial charge is 0.257 e. The molecule has 23 heavy (non-hydrogen) atoms. The molecule has 0 radical (unpaired) electrons. The van der Waals surface area contributed by atoms with Gasteiger partial charge in [0.2, 0.25) is 0 Å². The van der Waals surface area contributed by atoms with Gasteiger partial charge in [-0.2, -0.15) is 0 Å². The molecule has 0 aliphatic rings. The Morgan fingerprint density at radius 2 is 2.09 bits per heavy atom. The van der Waals surface area contributed by atoms with Crippen molar-refractivity contribution in [1.29, 1.82) is 0 Å². The second kappa shape index (κ2) is 6.71. The second-order valence-electron chi connectivity index (χ2n) is 6.09. The average Bonchev–Trinajstić information content (AvgIpc) is 2.53. The van der Waals surface area contributed by atoms with Crippen molar-refractivity contribution < 1.29 is 4.74 Å². The van der Waals surface area contributed by atoms with Gasteiger partial charge in [0.15, 0.2) is 0 Å². The van der Waals surface area contributed by atoms with Crippen LogP contribution in [0.5, 0.6) is 5.75 Å². The number of nitrogens with zero attached hydrogens (tertiary/aromatic N) is 1. The first-order valence-electron chi connectivity index (χ1n) is 7.78. The number of aromatic nitrogens is 2. The summed E-state index contributed by atoms with van der Waals surface area (Å²) in [6.07, 6.45) is 5.45. The highest BCUT2D eigenvalue weighted by Gasteiger charge is 2.10. The Balaban J connectivity index is 1.98. The van der Waals surface area contributed by atoms with Gasteiger partial charge in [-0.3, -0.25) is 9.78 Å². The number of halogens is 1. The van der Waals surface area contributed by atoms with Crippen LogP contribution >= 0.6 is 15.9 Å². The lowest BCUT2D eigenvalue weighted by Gasteiger charge is -2.11. The molecule has 0 fully saturated rings. The molecule has 0 aliphatic heterocycles. The second-order valence-corrected chi connectivity index (χ2v) is 6.94. The minimum atomic E-state index is -0.131. The molecule has 4 nitrogen and oxygen atoms in total. The Hall–Kier alpha value is -1.88. The van der Waals surface area contributed by atoms with Crippen LogP contribution in [0.15, 0.2) is 39.9 Å². The summed E-state index contributed by atoms with van der Waals surface area (Å²) in [6, 6.07) is 5.74. The van der Waals surface area contributed by atoms with Crippen LogP contribution in [0.1, 0.15) is 26.7 Å². The maximum absolute atomic E-state index is 12.2. The van der Waals surface area contributed by atoms with Gasteiger partial charge in [-0.15, -0.1) is 0 Å². The quantitative estimate of drug-likeness (QED) is 0.522. The van der Waals surface area contributed by atoms with E-state index in [9.17, 15) is 4.79 Å². The SMILES string of the molecule is CC(C)CCCOc1cc2[nH]c(=O)c3cnccc3c2cc1Br. The summed E-state index contributed by atoms with van der Waals surface area (Å²) in [5, 5.41) is 2.46. The first-order chi connectivity index (χ1) is 11.1. The van der Waals surface area contributed by atoms with Gasteiger partial charge in [0.25, 0.3) is 5.56 Å². The number of rotatable bonds is 5. The number of hydrogen-bond donors (Lipinski definition) is 1. The Morgan fingerprint density at radius 3 is 2.87 bits per heavy atom. The fourth-order valence-corrected chi connectivity index (χ4v) is 3.12. The van der Waals surface area contributed by atoms with E-state index in [2.05, 4.69) is 39.7 Å². The van der Waals surface area contributed by atoms with Crippen molar-refractivity contribution in [3.05, 3.63) is 45.4 Å². The largest absolute Gasteiger partial charge is 0.492 e. The fourth-order valence-electron chi connectivity index (χ4n) is 2.66. The third kappa shape index (κ3) is 3.39. The molecule has 0 saturated carbocycles. The van der Waals surface area contributed by atoms with E-state index in [1.165, 1.54) is 0 Å². The number of benzene rings is 1. The maximum atomic E-state index is 12.2. The van der Waals surface area contributed by atoms with Crippen LogP contribution in [0, 0.1) is 5.92 Å². The Labute approximate surface area is 143 Å². The summed E-state index contributed by atoms with van der Waals surface area (Å²) in [4.78, 5) is 19.1. The number of fused-ring (bicyclic) bond motifs is 3. The third-order valence-corrected chi connectivity index (χ3v) is 4.48. The summed E-state index contributed by atoms with van der Waals surface area (Å²) in [5.74, 6) is 1.43. The fraction of sp³-hybridized carbons (Fsp3) is 0.333. The van der Waals surface area contributed by atoms with Crippen molar-refractivity contribution in [2.24, 2.45) is 5.92 Å². The zero-order valence-corrected chi connectivity index (χ0v) is 14.8. The van der Waals surface area contributed by atoms with Crippen molar-refractivity contribution in [3.63, 3.8) is 0 Å². The van der Waals surface area contributed by atoms with Crippen LogP contribution in [-0.4, -0.2) is 16.6 Å². The Morgan fingerprint density at radius 1 is 1.26 bits per heavy atom. The summed E-state index contributed by atoms with van der Waals surface area (Å²) >= 11 is 3.57. The third-order valence-electron chi connectivity index (χ3n) is 3.86. The number of hydrogen-bond acceptors (Lipinski definition) is 3. The van der Waals surface area contributed by atoms with Crippen molar-refractivity contribution in [2.45, 2.75) is 26.7 Å². The van der Waals surface area contributed by atoms with Crippen LogP contribution < -0.4 is 10.3 Å². The van der Waals surface area contributed by atoms with Crippen LogP contribution in [0.2, 0.25) is 0 Å². The van der Waals surface area contributed by atoms with Gasteiger partial charge < -0.3 is 9.72 Å². The van der Waals surface area contributed by atoms with Crippen LogP contribution in [-0.2, 0) is 0 Å². The average molecular weight is 375 g/mol. The predicted octanol–water partition coefficient (Wildman–Crippen LogP) is 4.65. The predicted molar refractivity (Wildman–Crippen MR) is 97.1 cm³/mol. The normalized spacial score (nSPS) is 11.5. The van der Waals surface area contributed by atoms with Crippen molar-refractivity contribution in [2.75, 3.05) is 6.61 Å². The van der Waals surface area contributed by atoms with E-state index in [-0.39, 0.29) is 5.56 Å². The van der Waals surface area contributed by atoms with Gasteiger partial charge in [-0.05, 0) is 52.2 Å². The molecule has 3 rings (SSSR count). The molecule has 1 aromatic carbocycles. The van der Waals surface area contributed by atoms with Gasteiger partial charge in [0.05, 0.1) is 22.0 Å². The molecule has 2 heterocycles. The molecule has 0 atom stereocenters. The first-order valence-corrected chi connectivity index (χ1v) is 8.57. The topological polar surface area (TPSA) is 55.0 Å². The molecule has 0 unspecified atom stereocenters. The molecular formula is C18H19BrN2O2. The molecule has 5 heteroatoms. The van der Waals surface area contributed by atoms with Gasteiger partial charge >= 0.3 is 0 Å². The maximum Gasteiger partial charge on any atom is 0.257 e. The lowest BCUT2D eigenvalue weighted by atomic mass is 10.1. The van der Waals surface area contributed by atoms with E-state index < -0.39 is 0 Å². The van der Waals surface area contributed by atoms with E-state index in [0.717, 1.165) is 39.4 Å². The Bertz CT molecular complexity index is 903. The highest BCUT2D eigenvalue weighted by molar-refractivity contribution is 9.10. The molecule has 3 aromatic rings. The summed E-state index contributed by atoms with van der Waals surface area (Å²) in [6.45, 7) is 5.08. The monoisotopic (exact) mass is 374 g/mol. The van der Waals surface area contributed by atoms with E-state index in [1.807, 2.05) is 18.2 Å². The van der Waals surface area contributed by atoms with Crippen LogP contribution in [0.25, 0.3) is 21.7 Å². The van der Waals surface area contributed by atoms with Crippen LogP contribution in [0.4, 0.5) is 0 Å². The summed E-state index contributed by atoms with van der Waals surface area (Å²) in [7, 11) is 0. The van der Waals surface area contributed by atoms with Gasteiger partial charge in [-0.1, -0.05) is 13.8 Å². The van der Waals surface area contributed by atoms with Crippen molar-refractivity contribution in [3.8, 4) is 5.75 Å². The molecule has 0 spiro atoms. The standard InChI is InChI=1S/C18H19BrN2O2/c1-11(2)4-3-7-23-17-9-16-13(8-15(17)19)12-5-6-20-10-14(12)18(22)21-16/h5-6,8-11H,3-4,7H2,1-2H3,(H,21,22).